The van der Waals surface area contributed by atoms with Crippen molar-refractivity contribution in [2.45, 2.75) is 25.8 Å². The monoisotopic (exact) mass is 377 g/mol. The van der Waals surface area contributed by atoms with E-state index in [0.29, 0.717) is 12.1 Å². The zero-order valence-corrected chi connectivity index (χ0v) is 14.1. The minimum atomic E-state index is -5.85. The van der Waals surface area contributed by atoms with Gasteiger partial charge in [-0.3, -0.25) is 4.98 Å². The molecule has 0 spiro atoms. The summed E-state index contributed by atoms with van der Waals surface area (Å²) in [5.41, 5.74) is -5.01. The number of nitrogens with zero attached hydrogens (tertiary/aromatic N) is 1. The molecule has 10 heteroatoms. The fraction of sp³-hybridized carbons (Fsp3) is 0.333. The largest absolute Gasteiger partial charge is 0.534 e. The molecule has 6 nitrogen and oxygen atoms in total. The second kappa shape index (κ2) is 6.87. The lowest BCUT2D eigenvalue weighted by Crippen LogP contribution is -2.28. The van der Waals surface area contributed by atoms with Gasteiger partial charge in [0.05, 0.1) is 17.7 Å². The normalized spacial score (nSPS) is 12.2. The van der Waals surface area contributed by atoms with E-state index in [-0.39, 0.29) is 23.1 Å². The second-order valence-corrected chi connectivity index (χ2v) is 6.44. The summed E-state index contributed by atoms with van der Waals surface area (Å²) in [6.45, 7) is 3.40. The second-order valence-electron chi connectivity index (χ2n) is 4.90. The topological polar surface area (TPSA) is 82.6 Å². The third-order valence-electron chi connectivity index (χ3n) is 3.18. The van der Waals surface area contributed by atoms with E-state index in [9.17, 15) is 26.4 Å². The number of hydrogen-bond acceptors (Lipinski definition) is 6. The number of carbonyl (C=O) groups is 1. The van der Waals surface area contributed by atoms with E-state index in [4.69, 9.17) is 4.74 Å². The molecule has 0 atom stereocenters. The Balaban J connectivity index is 2.63. The first-order valence-corrected chi connectivity index (χ1v) is 8.61. The fourth-order valence-corrected chi connectivity index (χ4v) is 2.47. The first-order chi connectivity index (χ1) is 11.6. The smallest absolute Gasteiger partial charge is 0.462 e. The Bertz CT molecular complexity index is 909. The van der Waals surface area contributed by atoms with Crippen LogP contribution >= 0.6 is 0 Å². The molecule has 0 aliphatic carbocycles. The van der Waals surface area contributed by atoms with E-state index in [0.717, 1.165) is 6.07 Å². The predicted molar refractivity (Wildman–Crippen MR) is 82.7 cm³/mol. The van der Waals surface area contributed by atoms with Crippen LogP contribution in [0.3, 0.4) is 0 Å². The molecule has 0 radical (unpaired) electrons. The number of carbonyl (C=O) groups excluding carboxylic acids is 1. The maximum Gasteiger partial charge on any atom is 0.534 e. The summed E-state index contributed by atoms with van der Waals surface area (Å²) in [5, 5.41) is -0.0458. The standard InChI is InChI=1S/C15H14F3NO5S/c1-3-10-8-13(24-25(21,22)15(16,17)18)11-7-9(14(20)23-4-2)5-6-12(11)19-10/h5-8H,3-4H2,1-2H3. The van der Waals surface area contributed by atoms with Gasteiger partial charge in [-0.15, -0.1) is 0 Å². The Labute approximate surface area is 141 Å². The van der Waals surface area contributed by atoms with Crippen molar-refractivity contribution in [3.05, 3.63) is 35.5 Å². The van der Waals surface area contributed by atoms with Gasteiger partial charge in [-0.1, -0.05) is 6.92 Å². The van der Waals surface area contributed by atoms with E-state index in [1.807, 2.05) is 0 Å². The van der Waals surface area contributed by atoms with Gasteiger partial charge in [-0.25, -0.2) is 4.79 Å². The number of hydrogen-bond donors (Lipinski definition) is 0. The zero-order valence-electron chi connectivity index (χ0n) is 13.3. The van der Waals surface area contributed by atoms with Gasteiger partial charge < -0.3 is 8.92 Å². The molecule has 1 heterocycles. The Kier molecular flexibility index (Phi) is 5.21. The predicted octanol–water partition coefficient (Wildman–Crippen LogP) is 3.20. The summed E-state index contributed by atoms with van der Waals surface area (Å²) < 4.78 is 69.6. The first kappa shape index (κ1) is 19.0. The third kappa shape index (κ3) is 4.01. The summed E-state index contributed by atoms with van der Waals surface area (Å²) in [4.78, 5) is 16.0. The highest BCUT2D eigenvalue weighted by molar-refractivity contribution is 7.88. The zero-order chi connectivity index (χ0) is 18.8. The van der Waals surface area contributed by atoms with E-state index >= 15 is 0 Å². The Morgan fingerprint density at radius 2 is 1.88 bits per heavy atom. The fourth-order valence-electron chi connectivity index (χ4n) is 2.00. The Morgan fingerprint density at radius 3 is 2.44 bits per heavy atom. The molecule has 0 aliphatic rings. The van der Waals surface area contributed by atoms with Gasteiger partial charge in [-0.2, -0.15) is 21.6 Å². The molecule has 0 aliphatic heterocycles. The summed E-state index contributed by atoms with van der Waals surface area (Å²) in [6.07, 6.45) is 0.345. The van der Waals surface area contributed by atoms with Crippen molar-refractivity contribution in [2.24, 2.45) is 0 Å². The lowest BCUT2D eigenvalue weighted by molar-refractivity contribution is -0.0499. The summed E-state index contributed by atoms with van der Waals surface area (Å²) in [7, 11) is -5.85. The molecule has 0 bridgehead atoms. The van der Waals surface area contributed by atoms with Gasteiger partial charge in [0.2, 0.25) is 0 Å². The van der Waals surface area contributed by atoms with Crippen LogP contribution in [0.4, 0.5) is 13.2 Å². The number of rotatable bonds is 5. The van der Waals surface area contributed by atoms with Crippen molar-refractivity contribution in [1.29, 1.82) is 0 Å². The van der Waals surface area contributed by atoms with E-state index in [2.05, 4.69) is 9.17 Å². The molecule has 0 amide bonds. The highest BCUT2D eigenvalue weighted by Gasteiger charge is 2.48. The van der Waals surface area contributed by atoms with E-state index in [1.165, 1.54) is 18.2 Å². The number of pyridine rings is 1. The molecule has 0 unspecified atom stereocenters. The molecular formula is C15H14F3NO5S. The molecule has 1 aromatic heterocycles. The number of halogens is 3. The third-order valence-corrected chi connectivity index (χ3v) is 4.15. The van der Waals surface area contributed by atoms with Gasteiger partial charge in [-0.05, 0) is 31.5 Å². The minimum absolute atomic E-state index is 0.0367. The van der Waals surface area contributed by atoms with Crippen molar-refractivity contribution in [3.8, 4) is 5.75 Å². The van der Waals surface area contributed by atoms with Crippen LogP contribution in [0.25, 0.3) is 10.9 Å². The van der Waals surface area contributed by atoms with Gasteiger partial charge >= 0.3 is 21.6 Å². The van der Waals surface area contributed by atoms with Crippen molar-refractivity contribution in [2.75, 3.05) is 6.61 Å². The number of alkyl halides is 3. The SMILES string of the molecule is CCOC(=O)c1ccc2nc(CC)cc(OS(=O)(=O)C(F)(F)F)c2c1. The number of fused-ring (bicyclic) bond motifs is 1. The number of ether oxygens (including phenoxy) is 1. The number of aromatic nitrogens is 1. The highest BCUT2D eigenvalue weighted by Crippen LogP contribution is 2.32. The van der Waals surface area contributed by atoms with Crippen LogP contribution in [-0.2, 0) is 21.3 Å². The number of esters is 1. The average molecular weight is 377 g/mol. The molecular weight excluding hydrogens is 363 g/mol. The van der Waals surface area contributed by atoms with Crippen LogP contribution in [0.2, 0.25) is 0 Å². The molecule has 2 aromatic rings. The lowest BCUT2D eigenvalue weighted by Gasteiger charge is -2.13. The van der Waals surface area contributed by atoms with Gasteiger partial charge in [0.1, 0.15) is 0 Å². The van der Waals surface area contributed by atoms with Crippen molar-refractivity contribution < 1.29 is 35.3 Å². The molecule has 1 aromatic carbocycles. The van der Waals surface area contributed by atoms with Crippen LogP contribution in [0.5, 0.6) is 5.75 Å². The van der Waals surface area contributed by atoms with Gasteiger partial charge in [0.25, 0.3) is 0 Å². The molecule has 25 heavy (non-hydrogen) atoms. The van der Waals surface area contributed by atoms with Crippen LogP contribution in [-0.4, -0.2) is 31.5 Å². The van der Waals surface area contributed by atoms with Gasteiger partial charge in [0.15, 0.2) is 5.75 Å². The summed E-state index contributed by atoms with van der Waals surface area (Å²) in [6, 6.07) is 5.05. The Hall–Kier alpha value is -2.36. The molecule has 0 N–H and O–H groups in total. The first-order valence-electron chi connectivity index (χ1n) is 7.20. The molecule has 0 saturated heterocycles. The quantitative estimate of drug-likeness (QED) is 0.452. The maximum absolute atomic E-state index is 12.6. The maximum atomic E-state index is 12.6. The molecule has 2 rings (SSSR count). The van der Waals surface area contributed by atoms with E-state index in [1.54, 1.807) is 13.8 Å². The number of aryl methyl sites for hydroxylation is 1. The molecule has 0 saturated carbocycles. The molecule has 0 fully saturated rings. The van der Waals surface area contributed by atoms with Crippen LogP contribution in [0.1, 0.15) is 29.9 Å². The van der Waals surface area contributed by atoms with Crippen LogP contribution in [0.15, 0.2) is 24.3 Å². The summed E-state index contributed by atoms with van der Waals surface area (Å²) >= 11 is 0. The van der Waals surface area contributed by atoms with Crippen LogP contribution in [0, 0.1) is 0 Å². The van der Waals surface area contributed by atoms with Crippen molar-refractivity contribution in [1.82, 2.24) is 4.98 Å². The lowest BCUT2D eigenvalue weighted by atomic mass is 10.1. The summed E-state index contributed by atoms with van der Waals surface area (Å²) in [5.74, 6) is -1.25. The van der Waals surface area contributed by atoms with Crippen molar-refractivity contribution in [3.63, 3.8) is 0 Å². The average Bonchev–Trinajstić information content (AvgIpc) is 2.53. The Morgan fingerprint density at radius 1 is 1.20 bits per heavy atom. The molecule has 136 valence electrons. The van der Waals surface area contributed by atoms with E-state index < -0.39 is 27.3 Å². The highest BCUT2D eigenvalue weighted by atomic mass is 32.2. The van der Waals surface area contributed by atoms with Gasteiger partial charge in [0, 0.05) is 17.1 Å². The number of benzene rings is 1. The minimum Gasteiger partial charge on any atom is -0.462 e. The van der Waals surface area contributed by atoms with Crippen molar-refractivity contribution >= 4 is 27.0 Å². The van der Waals surface area contributed by atoms with Crippen LogP contribution < -0.4 is 4.18 Å².